The molecular formula is C31H41NO. The molecule has 0 spiro atoms. The highest BCUT2D eigenvalue weighted by Gasteiger charge is 2.03. The molecular weight excluding hydrogens is 402 g/mol. The summed E-state index contributed by atoms with van der Waals surface area (Å²) in [5, 5.41) is 0. The Morgan fingerprint density at radius 3 is 1.76 bits per heavy atom. The molecule has 176 valence electrons. The van der Waals surface area contributed by atoms with Crippen molar-refractivity contribution in [1.82, 2.24) is 4.98 Å². The molecule has 2 aromatic carbocycles. The van der Waals surface area contributed by atoms with Gasteiger partial charge in [-0.1, -0.05) is 101 Å². The Bertz CT molecular complexity index is 897. The van der Waals surface area contributed by atoms with E-state index in [0.29, 0.717) is 0 Å². The maximum atomic E-state index is 5.86. The number of hydrogen-bond acceptors (Lipinski definition) is 2. The topological polar surface area (TPSA) is 22.1 Å². The van der Waals surface area contributed by atoms with Crippen LogP contribution in [0.15, 0.2) is 66.9 Å². The molecule has 2 nitrogen and oxygen atoms in total. The number of pyridine rings is 1. The van der Waals surface area contributed by atoms with Crippen LogP contribution in [0.4, 0.5) is 0 Å². The lowest BCUT2D eigenvalue weighted by atomic mass is 10.0. The highest BCUT2D eigenvalue weighted by atomic mass is 16.5. The molecule has 0 aliphatic rings. The number of nitrogens with zero attached hydrogens (tertiary/aromatic N) is 1. The second-order valence-electron chi connectivity index (χ2n) is 9.11. The lowest BCUT2D eigenvalue weighted by molar-refractivity contribution is 0.303. The normalized spacial score (nSPS) is 11.0. The van der Waals surface area contributed by atoms with Gasteiger partial charge < -0.3 is 4.74 Å². The van der Waals surface area contributed by atoms with Crippen LogP contribution in [0.1, 0.15) is 81.9 Å². The minimum Gasteiger partial charge on any atom is -0.492 e. The van der Waals surface area contributed by atoms with Crippen molar-refractivity contribution >= 4 is 0 Å². The first-order valence-electron chi connectivity index (χ1n) is 13.0. The van der Waals surface area contributed by atoms with Gasteiger partial charge in [-0.3, -0.25) is 4.98 Å². The first-order chi connectivity index (χ1) is 16.3. The van der Waals surface area contributed by atoms with E-state index in [4.69, 9.17) is 4.74 Å². The second kappa shape index (κ2) is 14.5. The largest absolute Gasteiger partial charge is 0.492 e. The van der Waals surface area contributed by atoms with Gasteiger partial charge in [0.25, 0.3) is 0 Å². The maximum Gasteiger partial charge on any atom is 0.137 e. The third-order valence-corrected chi connectivity index (χ3v) is 6.30. The van der Waals surface area contributed by atoms with Gasteiger partial charge in [0.1, 0.15) is 5.75 Å². The fourth-order valence-electron chi connectivity index (χ4n) is 4.09. The Hall–Kier alpha value is -2.61. The smallest absolute Gasteiger partial charge is 0.137 e. The van der Waals surface area contributed by atoms with E-state index in [-0.39, 0.29) is 0 Å². The molecule has 0 N–H and O–H groups in total. The lowest BCUT2D eigenvalue weighted by Gasteiger charge is -2.08. The number of aromatic nitrogens is 1. The molecule has 0 amide bonds. The third-order valence-electron chi connectivity index (χ3n) is 6.30. The molecule has 0 aliphatic carbocycles. The molecule has 0 atom stereocenters. The van der Waals surface area contributed by atoms with Gasteiger partial charge in [0, 0.05) is 5.56 Å². The summed E-state index contributed by atoms with van der Waals surface area (Å²) in [6.07, 6.45) is 15.4. The van der Waals surface area contributed by atoms with E-state index in [2.05, 4.69) is 73.4 Å². The van der Waals surface area contributed by atoms with Crippen LogP contribution in [0, 0.1) is 0 Å². The Kier molecular flexibility index (Phi) is 11.0. The minimum absolute atomic E-state index is 0.781. The van der Waals surface area contributed by atoms with Crippen molar-refractivity contribution in [2.45, 2.75) is 84.5 Å². The highest BCUT2D eigenvalue weighted by molar-refractivity contribution is 5.59. The monoisotopic (exact) mass is 443 g/mol. The van der Waals surface area contributed by atoms with Gasteiger partial charge in [-0.2, -0.15) is 0 Å². The summed E-state index contributed by atoms with van der Waals surface area (Å²) in [6.45, 7) is 5.28. The molecule has 0 fully saturated rings. The zero-order chi connectivity index (χ0) is 23.1. The molecule has 3 aromatic rings. The fraction of sp³-hybridized carbons (Fsp3) is 0.452. The fourth-order valence-corrected chi connectivity index (χ4v) is 4.09. The first-order valence-corrected chi connectivity index (χ1v) is 13.0. The van der Waals surface area contributed by atoms with E-state index in [9.17, 15) is 0 Å². The van der Waals surface area contributed by atoms with Gasteiger partial charge in [-0.05, 0) is 60.9 Å². The first kappa shape index (κ1) is 25.0. The van der Waals surface area contributed by atoms with Crippen LogP contribution >= 0.6 is 0 Å². The zero-order valence-electron chi connectivity index (χ0n) is 20.7. The van der Waals surface area contributed by atoms with E-state index in [1.165, 1.54) is 68.1 Å². The summed E-state index contributed by atoms with van der Waals surface area (Å²) in [5.74, 6) is 0.865. The predicted molar refractivity (Wildman–Crippen MR) is 141 cm³/mol. The average Bonchev–Trinajstić information content (AvgIpc) is 2.87. The highest BCUT2D eigenvalue weighted by Crippen LogP contribution is 2.21. The van der Waals surface area contributed by atoms with E-state index < -0.39 is 0 Å². The van der Waals surface area contributed by atoms with Gasteiger partial charge >= 0.3 is 0 Å². The van der Waals surface area contributed by atoms with Crippen molar-refractivity contribution < 1.29 is 4.74 Å². The van der Waals surface area contributed by atoms with Gasteiger partial charge in [0.05, 0.1) is 18.5 Å². The Labute approximate surface area is 201 Å². The maximum absolute atomic E-state index is 5.86. The van der Waals surface area contributed by atoms with E-state index >= 15 is 0 Å². The van der Waals surface area contributed by atoms with Crippen molar-refractivity contribution in [2.75, 3.05) is 6.61 Å². The molecule has 1 heterocycles. The molecule has 0 unspecified atom stereocenters. The van der Waals surface area contributed by atoms with Crippen LogP contribution in [-0.4, -0.2) is 11.6 Å². The SMILES string of the molecule is CCCCCCCCOc1ccc(-c2ccc(CCc3ccc(CCCC)cc3)cc2)nc1. The van der Waals surface area contributed by atoms with Gasteiger partial charge in [-0.25, -0.2) is 0 Å². The van der Waals surface area contributed by atoms with Crippen molar-refractivity contribution in [3.05, 3.63) is 83.6 Å². The second-order valence-corrected chi connectivity index (χ2v) is 9.11. The average molecular weight is 444 g/mol. The molecule has 0 aliphatic heterocycles. The minimum atomic E-state index is 0.781. The number of rotatable bonds is 15. The van der Waals surface area contributed by atoms with Gasteiger partial charge in [0.15, 0.2) is 0 Å². The predicted octanol–water partition coefficient (Wildman–Crippen LogP) is 8.62. The van der Waals surface area contributed by atoms with E-state index in [1.807, 2.05) is 12.3 Å². The van der Waals surface area contributed by atoms with Crippen LogP contribution < -0.4 is 4.74 Å². The molecule has 2 heteroatoms. The standard InChI is InChI=1S/C31H41NO/c1-3-5-7-8-9-10-24-33-30-22-23-31(32-25-30)29-20-18-28(19-21-29)17-16-27-14-12-26(13-15-27)11-6-4-2/h12-15,18-23,25H,3-11,16-17,24H2,1-2H3. The molecule has 0 saturated carbocycles. The zero-order valence-corrected chi connectivity index (χ0v) is 20.7. The molecule has 0 saturated heterocycles. The summed E-state index contributed by atoms with van der Waals surface area (Å²) in [4.78, 5) is 4.62. The summed E-state index contributed by atoms with van der Waals surface area (Å²) in [5.41, 5.74) is 6.39. The van der Waals surface area contributed by atoms with Crippen molar-refractivity contribution in [3.8, 4) is 17.0 Å². The number of benzene rings is 2. The molecule has 33 heavy (non-hydrogen) atoms. The Morgan fingerprint density at radius 1 is 0.576 bits per heavy atom. The molecule has 0 radical (unpaired) electrons. The number of unbranched alkanes of at least 4 members (excludes halogenated alkanes) is 6. The Morgan fingerprint density at radius 2 is 1.15 bits per heavy atom. The lowest BCUT2D eigenvalue weighted by Crippen LogP contribution is -1.98. The number of aryl methyl sites for hydroxylation is 3. The van der Waals surface area contributed by atoms with Crippen LogP contribution in [0.5, 0.6) is 5.75 Å². The summed E-state index contributed by atoms with van der Waals surface area (Å²) < 4.78 is 5.86. The summed E-state index contributed by atoms with van der Waals surface area (Å²) in [7, 11) is 0. The Balaban J connectivity index is 1.42. The van der Waals surface area contributed by atoms with Crippen molar-refractivity contribution in [3.63, 3.8) is 0 Å². The van der Waals surface area contributed by atoms with Crippen molar-refractivity contribution in [1.29, 1.82) is 0 Å². The van der Waals surface area contributed by atoms with Crippen molar-refractivity contribution in [2.24, 2.45) is 0 Å². The third kappa shape index (κ3) is 9.04. The van der Waals surface area contributed by atoms with Crippen LogP contribution in [0.25, 0.3) is 11.3 Å². The van der Waals surface area contributed by atoms with Gasteiger partial charge in [-0.15, -0.1) is 0 Å². The van der Waals surface area contributed by atoms with Crippen LogP contribution in [0.2, 0.25) is 0 Å². The van der Waals surface area contributed by atoms with Crippen LogP contribution in [-0.2, 0) is 19.3 Å². The van der Waals surface area contributed by atoms with Crippen LogP contribution in [0.3, 0.4) is 0 Å². The van der Waals surface area contributed by atoms with E-state index in [1.54, 1.807) is 0 Å². The summed E-state index contributed by atoms with van der Waals surface area (Å²) >= 11 is 0. The number of hydrogen-bond donors (Lipinski definition) is 0. The molecule has 3 rings (SSSR count). The quantitative estimate of drug-likeness (QED) is 0.219. The summed E-state index contributed by atoms with van der Waals surface area (Å²) in [6, 6.07) is 22.1. The van der Waals surface area contributed by atoms with E-state index in [0.717, 1.165) is 42.9 Å². The molecule has 0 bridgehead atoms. The number of ether oxygens (including phenoxy) is 1. The molecule has 1 aromatic heterocycles. The van der Waals surface area contributed by atoms with Gasteiger partial charge in [0.2, 0.25) is 0 Å².